The summed E-state index contributed by atoms with van der Waals surface area (Å²) in [5, 5.41) is 36.7. The third-order valence-electron chi connectivity index (χ3n) is 3.78. The lowest BCUT2D eigenvalue weighted by molar-refractivity contribution is -0.152. The lowest BCUT2D eigenvalue weighted by Crippen LogP contribution is -2.36. The molecule has 22 heavy (non-hydrogen) atoms. The molecule has 0 aliphatic heterocycles. The van der Waals surface area contributed by atoms with E-state index in [0.717, 1.165) is 0 Å². The van der Waals surface area contributed by atoms with E-state index in [0.29, 0.717) is 0 Å². The molecule has 0 aromatic heterocycles. The Bertz CT molecular complexity index is 679. The first-order chi connectivity index (χ1) is 10.3. The van der Waals surface area contributed by atoms with Gasteiger partial charge in [-0.3, -0.25) is 9.59 Å². The first-order valence-corrected chi connectivity index (χ1v) is 6.32. The summed E-state index contributed by atoms with van der Waals surface area (Å²) in [4.78, 5) is 45.1. The quantitative estimate of drug-likeness (QED) is 0.587. The van der Waals surface area contributed by atoms with Gasteiger partial charge in [0.05, 0.1) is 23.0 Å². The van der Waals surface area contributed by atoms with Crippen LogP contribution in [0.25, 0.3) is 0 Å². The van der Waals surface area contributed by atoms with Crippen molar-refractivity contribution in [1.29, 1.82) is 0 Å². The number of rotatable bonds is 4. The minimum Gasteiger partial charge on any atom is -0.481 e. The molecule has 0 radical (unpaired) electrons. The van der Waals surface area contributed by atoms with Crippen LogP contribution in [0, 0.1) is 11.8 Å². The summed E-state index contributed by atoms with van der Waals surface area (Å²) >= 11 is 0. The summed E-state index contributed by atoms with van der Waals surface area (Å²) in [7, 11) is 0. The molecule has 4 N–H and O–H groups in total. The molecule has 0 saturated heterocycles. The number of carboxylic acids is 4. The van der Waals surface area contributed by atoms with Gasteiger partial charge in [0.2, 0.25) is 0 Å². The van der Waals surface area contributed by atoms with Crippen molar-refractivity contribution in [1.82, 2.24) is 0 Å². The minimum absolute atomic E-state index is 0.0129. The Kier molecular flexibility index (Phi) is 3.85. The van der Waals surface area contributed by atoms with Gasteiger partial charge in [-0.15, -0.1) is 0 Å². The number of allylic oxidation sites excluding steroid dienone is 2. The van der Waals surface area contributed by atoms with Crippen molar-refractivity contribution in [2.75, 3.05) is 0 Å². The molecule has 2 aliphatic carbocycles. The van der Waals surface area contributed by atoms with Crippen LogP contribution >= 0.6 is 0 Å². The predicted molar refractivity (Wildman–Crippen MR) is 69.9 cm³/mol. The lowest BCUT2D eigenvalue weighted by atomic mass is 9.70. The summed E-state index contributed by atoms with van der Waals surface area (Å²) in [6.45, 7) is 0. The molecule has 2 aliphatic rings. The molecule has 2 atom stereocenters. The average Bonchev–Trinajstić information content (AvgIpc) is 2.43. The maximum absolute atomic E-state index is 11.4. The SMILES string of the molecule is O=C(O)C1=C(C(=O)O)C2=CCC(C(=O)O)C(C(=O)O)C2=CC1. The fraction of sp³-hybridized carbons (Fsp3) is 0.286. The Morgan fingerprint density at radius 1 is 0.909 bits per heavy atom. The van der Waals surface area contributed by atoms with Crippen molar-refractivity contribution in [3.63, 3.8) is 0 Å². The normalized spacial score (nSPS) is 24.0. The van der Waals surface area contributed by atoms with Gasteiger partial charge >= 0.3 is 23.9 Å². The van der Waals surface area contributed by atoms with Crippen LogP contribution in [0.15, 0.2) is 34.4 Å². The van der Waals surface area contributed by atoms with Gasteiger partial charge in [0.15, 0.2) is 0 Å². The van der Waals surface area contributed by atoms with E-state index in [9.17, 15) is 29.4 Å². The Balaban J connectivity index is 2.61. The summed E-state index contributed by atoms with van der Waals surface area (Å²) in [6, 6.07) is 0. The van der Waals surface area contributed by atoms with Crippen LogP contribution in [0.2, 0.25) is 0 Å². The van der Waals surface area contributed by atoms with E-state index in [-0.39, 0.29) is 29.6 Å². The number of hydrogen-bond acceptors (Lipinski definition) is 4. The molecule has 0 spiro atoms. The van der Waals surface area contributed by atoms with E-state index in [4.69, 9.17) is 10.2 Å². The molecule has 116 valence electrons. The van der Waals surface area contributed by atoms with E-state index in [1.165, 1.54) is 12.2 Å². The van der Waals surface area contributed by atoms with Crippen LogP contribution in [-0.4, -0.2) is 44.3 Å². The highest BCUT2D eigenvalue weighted by Crippen LogP contribution is 2.42. The van der Waals surface area contributed by atoms with Crippen LogP contribution in [-0.2, 0) is 19.2 Å². The zero-order chi connectivity index (χ0) is 16.6. The molecule has 0 aromatic rings. The fourth-order valence-electron chi connectivity index (χ4n) is 2.83. The van der Waals surface area contributed by atoms with E-state index >= 15 is 0 Å². The summed E-state index contributed by atoms with van der Waals surface area (Å²) < 4.78 is 0. The van der Waals surface area contributed by atoms with Gasteiger partial charge in [-0.05, 0) is 24.0 Å². The van der Waals surface area contributed by atoms with E-state index in [2.05, 4.69) is 0 Å². The van der Waals surface area contributed by atoms with Crippen molar-refractivity contribution in [3.8, 4) is 0 Å². The van der Waals surface area contributed by atoms with Crippen molar-refractivity contribution in [2.24, 2.45) is 11.8 Å². The summed E-state index contributed by atoms with van der Waals surface area (Å²) in [5.41, 5.74) is -0.782. The molecule has 0 saturated carbocycles. The predicted octanol–water partition coefficient (Wildman–Crippen LogP) is 0.514. The Hall–Kier alpha value is -2.90. The molecule has 0 heterocycles. The average molecular weight is 308 g/mol. The Morgan fingerprint density at radius 2 is 1.55 bits per heavy atom. The van der Waals surface area contributed by atoms with Gasteiger partial charge in [0.25, 0.3) is 0 Å². The Morgan fingerprint density at radius 3 is 2.00 bits per heavy atom. The third-order valence-corrected chi connectivity index (χ3v) is 3.78. The molecule has 2 unspecified atom stereocenters. The fourth-order valence-corrected chi connectivity index (χ4v) is 2.83. The highest BCUT2D eigenvalue weighted by atomic mass is 16.4. The van der Waals surface area contributed by atoms with E-state index in [1.54, 1.807) is 0 Å². The van der Waals surface area contributed by atoms with Crippen LogP contribution in [0.1, 0.15) is 12.8 Å². The topological polar surface area (TPSA) is 149 Å². The second-order valence-corrected chi connectivity index (χ2v) is 4.94. The van der Waals surface area contributed by atoms with E-state index in [1.807, 2.05) is 0 Å². The lowest BCUT2D eigenvalue weighted by Gasteiger charge is -2.31. The number of hydrogen-bond donors (Lipinski definition) is 4. The van der Waals surface area contributed by atoms with E-state index < -0.39 is 41.3 Å². The summed E-state index contributed by atoms with van der Waals surface area (Å²) in [6.07, 6.45) is 2.13. The van der Waals surface area contributed by atoms with Gasteiger partial charge in [-0.2, -0.15) is 0 Å². The maximum Gasteiger partial charge on any atom is 0.336 e. The van der Waals surface area contributed by atoms with Gasteiger partial charge in [0.1, 0.15) is 0 Å². The van der Waals surface area contributed by atoms with Crippen molar-refractivity contribution < 1.29 is 39.6 Å². The van der Waals surface area contributed by atoms with Crippen molar-refractivity contribution in [3.05, 3.63) is 34.4 Å². The van der Waals surface area contributed by atoms with Crippen LogP contribution < -0.4 is 0 Å². The van der Waals surface area contributed by atoms with Crippen molar-refractivity contribution >= 4 is 23.9 Å². The first-order valence-electron chi connectivity index (χ1n) is 6.32. The van der Waals surface area contributed by atoms with Crippen molar-refractivity contribution in [2.45, 2.75) is 12.8 Å². The van der Waals surface area contributed by atoms with Gasteiger partial charge in [-0.25, -0.2) is 9.59 Å². The second-order valence-electron chi connectivity index (χ2n) is 4.94. The first kappa shape index (κ1) is 15.5. The highest BCUT2D eigenvalue weighted by Gasteiger charge is 2.43. The summed E-state index contributed by atoms with van der Waals surface area (Å²) in [5.74, 6) is -8.18. The largest absolute Gasteiger partial charge is 0.481 e. The highest BCUT2D eigenvalue weighted by molar-refractivity contribution is 6.05. The Labute approximate surface area is 123 Å². The molecular formula is C14H12O8. The molecular weight excluding hydrogens is 296 g/mol. The number of fused-ring (bicyclic) bond motifs is 1. The van der Waals surface area contributed by atoms with Crippen LogP contribution in [0.3, 0.4) is 0 Å². The van der Waals surface area contributed by atoms with Gasteiger partial charge in [0, 0.05) is 0 Å². The molecule has 8 heteroatoms. The zero-order valence-corrected chi connectivity index (χ0v) is 11.1. The standard InChI is InChI=1S/C14H12O8/c15-11(16)7-3-1-5-6(10(7)14(21)22)2-4-8(12(17)18)9(5)13(19)20/h1-2,7,10H,3-4H2,(H,15,16)(H,17,18)(H,19,20)(H,21,22). The molecule has 2 rings (SSSR count). The molecule has 0 fully saturated rings. The number of aliphatic carboxylic acids is 4. The van der Waals surface area contributed by atoms with Gasteiger partial charge < -0.3 is 20.4 Å². The molecule has 0 amide bonds. The number of carboxylic acid groups (broad SMARTS) is 4. The number of carbonyl (C=O) groups is 4. The van der Waals surface area contributed by atoms with Crippen LogP contribution in [0.4, 0.5) is 0 Å². The monoisotopic (exact) mass is 308 g/mol. The van der Waals surface area contributed by atoms with Gasteiger partial charge in [-0.1, -0.05) is 12.2 Å². The van der Waals surface area contributed by atoms with Crippen LogP contribution in [0.5, 0.6) is 0 Å². The minimum atomic E-state index is -1.48. The second kappa shape index (κ2) is 5.47. The third kappa shape index (κ3) is 2.39. The smallest absolute Gasteiger partial charge is 0.336 e. The molecule has 0 bridgehead atoms. The molecule has 0 aromatic carbocycles. The molecule has 8 nitrogen and oxygen atoms in total. The zero-order valence-electron chi connectivity index (χ0n) is 11.1. The maximum atomic E-state index is 11.4.